The van der Waals surface area contributed by atoms with Gasteiger partial charge in [-0.1, -0.05) is 31.5 Å². The van der Waals surface area contributed by atoms with E-state index in [0.29, 0.717) is 35.3 Å². The monoisotopic (exact) mass is 254 g/mol. The molecule has 0 spiro atoms. The Morgan fingerprint density at radius 1 is 1.47 bits per heavy atom. The molecule has 0 fully saturated rings. The summed E-state index contributed by atoms with van der Waals surface area (Å²) in [4.78, 5) is 14.1. The molecule has 1 amide bonds. The van der Waals surface area contributed by atoms with Crippen molar-refractivity contribution in [3.63, 3.8) is 0 Å². The van der Waals surface area contributed by atoms with Crippen molar-refractivity contribution in [1.29, 1.82) is 0 Å². The minimum absolute atomic E-state index is 0.0932. The van der Waals surface area contributed by atoms with E-state index in [-0.39, 0.29) is 5.91 Å². The molecule has 0 aliphatic rings. The molecule has 0 radical (unpaired) electrons. The first-order valence-corrected chi connectivity index (χ1v) is 6.18. The molecule has 0 saturated carbocycles. The number of hydrogen-bond donors (Lipinski definition) is 1. The number of hydrogen-bond acceptors (Lipinski definition) is 2. The minimum atomic E-state index is -0.0932. The Morgan fingerprint density at radius 2 is 2.12 bits per heavy atom. The number of rotatable bonds is 4. The predicted octanol–water partition coefficient (Wildman–Crippen LogP) is 3.04. The summed E-state index contributed by atoms with van der Waals surface area (Å²) in [5.41, 5.74) is 6.66. The van der Waals surface area contributed by atoms with Gasteiger partial charge in [0.25, 0.3) is 5.91 Å². The van der Waals surface area contributed by atoms with Crippen LogP contribution in [0.1, 0.15) is 31.1 Å². The number of carbonyl (C=O) groups excluding carboxylic acids is 1. The zero-order valence-corrected chi connectivity index (χ0v) is 11.3. The third kappa shape index (κ3) is 3.37. The van der Waals surface area contributed by atoms with Crippen molar-refractivity contribution >= 4 is 23.2 Å². The Bertz CT molecular complexity index is 384. The summed E-state index contributed by atoms with van der Waals surface area (Å²) < 4.78 is 0. The van der Waals surface area contributed by atoms with Crippen molar-refractivity contribution in [1.82, 2.24) is 4.90 Å². The summed E-state index contributed by atoms with van der Waals surface area (Å²) in [6.07, 6.45) is 0. The smallest absolute Gasteiger partial charge is 0.257 e. The quantitative estimate of drug-likeness (QED) is 0.840. The third-order valence-corrected chi connectivity index (χ3v) is 2.83. The second-order valence-corrected chi connectivity index (χ2v) is 4.85. The number of carbonyl (C=O) groups is 1. The predicted molar refractivity (Wildman–Crippen MR) is 72.3 cm³/mol. The van der Waals surface area contributed by atoms with Crippen molar-refractivity contribution in [3.8, 4) is 0 Å². The van der Waals surface area contributed by atoms with E-state index in [9.17, 15) is 4.79 Å². The number of nitrogen functional groups attached to an aromatic ring is 1. The van der Waals surface area contributed by atoms with Gasteiger partial charge in [0, 0.05) is 18.8 Å². The van der Waals surface area contributed by atoms with E-state index in [4.69, 9.17) is 17.3 Å². The van der Waals surface area contributed by atoms with Crippen LogP contribution >= 0.6 is 11.6 Å². The lowest BCUT2D eigenvalue weighted by atomic mass is 10.1. The van der Waals surface area contributed by atoms with Crippen LogP contribution in [0, 0.1) is 5.92 Å². The summed E-state index contributed by atoms with van der Waals surface area (Å²) in [5.74, 6) is 0.326. The molecule has 0 aliphatic heterocycles. The van der Waals surface area contributed by atoms with Crippen LogP contribution in [0.3, 0.4) is 0 Å². The summed E-state index contributed by atoms with van der Waals surface area (Å²) in [6.45, 7) is 7.47. The lowest BCUT2D eigenvalue weighted by molar-refractivity contribution is 0.0747. The van der Waals surface area contributed by atoms with E-state index in [1.807, 2.05) is 6.92 Å². The highest BCUT2D eigenvalue weighted by molar-refractivity contribution is 6.34. The van der Waals surface area contributed by atoms with Gasteiger partial charge in [0.1, 0.15) is 0 Å². The average Bonchev–Trinajstić information content (AvgIpc) is 2.25. The van der Waals surface area contributed by atoms with Crippen molar-refractivity contribution in [2.45, 2.75) is 20.8 Å². The van der Waals surface area contributed by atoms with Gasteiger partial charge in [0.05, 0.1) is 10.6 Å². The SMILES string of the molecule is CCN(CC(C)C)C(=O)c1c(N)cccc1Cl. The molecule has 2 N–H and O–H groups in total. The molecule has 0 saturated heterocycles. The maximum atomic E-state index is 12.3. The Morgan fingerprint density at radius 3 is 2.59 bits per heavy atom. The highest BCUT2D eigenvalue weighted by atomic mass is 35.5. The number of nitrogens with two attached hydrogens (primary N) is 1. The van der Waals surface area contributed by atoms with Crippen LogP contribution in [0.25, 0.3) is 0 Å². The molecule has 17 heavy (non-hydrogen) atoms. The van der Waals surface area contributed by atoms with Crippen molar-refractivity contribution in [2.75, 3.05) is 18.8 Å². The molecule has 0 aliphatic carbocycles. The third-order valence-electron chi connectivity index (χ3n) is 2.51. The molecular formula is C13H19ClN2O. The molecule has 1 aromatic carbocycles. The van der Waals surface area contributed by atoms with E-state index in [1.54, 1.807) is 23.1 Å². The molecule has 0 heterocycles. The van der Waals surface area contributed by atoms with Gasteiger partial charge >= 0.3 is 0 Å². The molecule has 0 bridgehead atoms. The minimum Gasteiger partial charge on any atom is -0.398 e. The number of nitrogens with zero attached hydrogens (tertiary/aromatic N) is 1. The maximum absolute atomic E-state index is 12.3. The van der Waals surface area contributed by atoms with Gasteiger partial charge in [-0.25, -0.2) is 0 Å². The van der Waals surface area contributed by atoms with Gasteiger partial charge in [-0.2, -0.15) is 0 Å². The second kappa shape index (κ2) is 5.92. The van der Waals surface area contributed by atoms with Gasteiger partial charge in [0.15, 0.2) is 0 Å². The van der Waals surface area contributed by atoms with Gasteiger partial charge in [-0.3, -0.25) is 4.79 Å². The molecule has 0 aromatic heterocycles. The van der Waals surface area contributed by atoms with Crippen LogP contribution in [0.5, 0.6) is 0 Å². The van der Waals surface area contributed by atoms with E-state index in [2.05, 4.69) is 13.8 Å². The first kappa shape index (κ1) is 13.8. The van der Waals surface area contributed by atoms with Crippen LogP contribution in [-0.2, 0) is 0 Å². The van der Waals surface area contributed by atoms with Crippen LogP contribution < -0.4 is 5.73 Å². The van der Waals surface area contributed by atoms with E-state index < -0.39 is 0 Å². The highest BCUT2D eigenvalue weighted by Gasteiger charge is 2.20. The molecule has 94 valence electrons. The molecule has 3 nitrogen and oxygen atoms in total. The van der Waals surface area contributed by atoms with Gasteiger partial charge < -0.3 is 10.6 Å². The Balaban J connectivity index is 3.02. The lowest BCUT2D eigenvalue weighted by Crippen LogP contribution is -2.34. The summed E-state index contributed by atoms with van der Waals surface area (Å²) in [5, 5.41) is 0.414. The topological polar surface area (TPSA) is 46.3 Å². The summed E-state index contributed by atoms with van der Waals surface area (Å²) in [6, 6.07) is 5.13. The summed E-state index contributed by atoms with van der Waals surface area (Å²) >= 11 is 6.03. The standard InChI is InChI=1S/C13H19ClN2O/c1-4-16(8-9(2)3)13(17)12-10(14)6-5-7-11(12)15/h5-7,9H,4,8,15H2,1-3H3. The Hall–Kier alpha value is -1.22. The lowest BCUT2D eigenvalue weighted by Gasteiger charge is -2.24. The molecule has 4 heteroatoms. The largest absolute Gasteiger partial charge is 0.398 e. The fraction of sp³-hybridized carbons (Fsp3) is 0.462. The van der Waals surface area contributed by atoms with Crippen molar-refractivity contribution < 1.29 is 4.79 Å². The van der Waals surface area contributed by atoms with Crippen LogP contribution in [-0.4, -0.2) is 23.9 Å². The fourth-order valence-electron chi connectivity index (χ4n) is 1.72. The van der Waals surface area contributed by atoms with Gasteiger partial charge in [0.2, 0.25) is 0 Å². The zero-order chi connectivity index (χ0) is 13.0. The second-order valence-electron chi connectivity index (χ2n) is 4.44. The summed E-state index contributed by atoms with van der Waals surface area (Å²) in [7, 11) is 0. The van der Waals surface area contributed by atoms with E-state index in [1.165, 1.54) is 0 Å². The number of amides is 1. The van der Waals surface area contributed by atoms with E-state index >= 15 is 0 Å². The number of halogens is 1. The average molecular weight is 255 g/mol. The number of anilines is 1. The Labute approximate surface area is 108 Å². The van der Waals surface area contributed by atoms with Crippen LogP contribution in [0.4, 0.5) is 5.69 Å². The first-order valence-electron chi connectivity index (χ1n) is 5.80. The fourth-order valence-corrected chi connectivity index (χ4v) is 1.98. The van der Waals surface area contributed by atoms with Crippen molar-refractivity contribution in [3.05, 3.63) is 28.8 Å². The van der Waals surface area contributed by atoms with Crippen LogP contribution in [0.2, 0.25) is 5.02 Å². The Kier molecular flexibility index (Phi) is 4.82. The maximum Gasteiger partial charge on any atom is 0.257 e. The normalized spacial score (nSPS) is 10.6. The van der Waals surface area contributed by atoms with Crippen LogP contribution in [0.15, 0.2) is 18.2 Å². The molecule has 0 atom stereocenters. The van der Waals surface area contributed by atoms with Gasteiger partial charge in [-0.05, 0) is 25.0 Å². The highest BCUT2D eigenvalue weighted by Crippen LogP contribution is 2.23. The van der Waals surface area contributed by atoms with Gasteiger partial charge in [-0.15, -0.1) is 0 Å². The zero-order valence-electron chi connectivity index (χ0n) is 10.5. The number of benzene rings is 1. The van der Waals surface area contributed by atoms with Crippen molar-refractivity contribution in [2.24, 2.45) is 5.92 Å². The molecule has 1 aromatic rings. The van der Waals surface area contributed by atoms with E-state index in [0.717, 1.165) is 0 Å². The molecule has 1 rings (SSSR count). The molecule has 0 unspecified atom stereocenters. The first-order chi connectivity index (χ1) is 7.97. The molecular weight excluding hydrogens is 236 g/mol.